The van der Waals surface area contributed by atoms with Gasteiger partial charge in [0.1, 0.15) is 5.82 Å². The van der Waals surface area contributed by atoms with Gasteiger partial charge in [0.25, 0.3) is 0 Å². The van der Waals surface area contributed by atoms with Crippen LogP contribution in [-0.2, 0) is 0 Å². The molecule has 0 aromatic heterocycles. The number of allylic oxidation sites excluding steroid dienone is 1. The number of carbonyl (C=O) groups excluding carboxylic acids is 1. The Kier molecular flexibility index (Phi) is 4.76. The number of hydrogen-bond donors (Lipinski definition) is 1. The molecule has 0 atom stereocenters. The van der Waals surface area contributed by atoms with Gasteiger partial charge in [-0.15, -0.1) is 0 Å². The Bertz CT molecular complexity index is 710. The second-order valence-electron chi connectivity index (χ2n) is 4.78. The molecule has 0 fully saturated rings. The van der Waals surface area contributed by atoms with Crippen LogP contribution in [0.5, 0.6) is 0 Å². The summed E-state index contributed by atoms with van der Waals surface area (Å²) in [6, 6.07) is 9.77. The van der Waals surface area contributed by atoms with E-state index in [0.29, 0.717) is 11.3 Å². The molecule has 0 bridgehead atoms. The second-order valence-corrected chi connectivity index (χ2v) is 5.19. The Morgan fingerprint density at radius 1 is 1.19 bits per heavy atom. The average molecular weight is 304 g/mol. The second kappa shape index (κ2) is 6.55. The van der Waals surface area contributed by atoms with Gasteiger partial charge in [-0.05, 0) is 43.7 Å². The summed E-state index contributed by atoms with van der Waals surface area (Å²) in [5.74, 6) is -0.497. The smallest absolute Gasteiger partial charge is 0.187 e. The summed E-state index contributed by atoms with van der Waals surface area (Å²) in [5, 5.41) is 3.14. The van der Waals surface area contributed by atoms with Gasteiger partial charge < -0.3 is 5.32 Å². The highest BCUT2D eigenvalue weighted by atomic mass is 35.5. The van der Waals surface area contributed by atoms with Crippen molar-refractivity contribution < 1.29 is 9.18 Å². The van der Waals surface area contributed by atoms with Crippen molar-refractivity contribution in [2.24, 2.45) is 0 Å². The van der Waals surface area contributed by atoms with Gasteiger partial charge in [-0.25, -0.2) is 4.39 Å². The zero-order valence-electron chi connectivity index (χ0n) is 11.8. The maximum atomic E-state index is 12.9. The number of halogens is 2. The fourth-order valence-electron chi connectivity index (χ4n) is 1.90. The van der Waals surface area contributed by atoms with Crippen molar-refractivity contribution in [3.05, 3.63) is 76.2 Å². The molecule has 1 N–H and O–H groups in total. The van der Waals surface area contributed by atoms with Gasteiger partial charge >= 0.3 is 0 Å². The number of rotatable bonds is 4. The Balaban J connectivity index is 2.10. The molecule has 2 nitrogen and oxygen atoms in total. The third kappa shape index (κ3) is 3.92. The van der Waals surface area contributed by atoms with Crippen LogP contribution in [0.1, 0.15) is 21.5 Å². The number of anilines is 1. The maximum Gasteiger partial charge on any atom is 0.187 e. The number of nitrogens with one attached hydrogen (secondary N) is 1. The molecule has 0 heterocycles. The van der Waals surface area contributed by atoms with Gasteiger partial charge in [0.2, 0.25) is 0 Å². The number of aryl methyl sites for hydroxylation is 2. The topological polar surface area (TPSA) is 29.1 Å². The van der Waals surface area contributed by atoms with E-state index in [1.165, 1.54) is 30.5 Å². The summed E-state index contributed by atoms with van der Waals surface area (Å²) >= 11 is 5.89. The summed E-state index contributed by atoms with van der Waals surface area (Å²) in [6.45, 7) is 3.83. The molecule has 21 heavy (non-hydrogen) atoms. The van der Waals surface area contributed by atoms with Gasteiger partial charge in [-0.1, -0.05) is 29.3 Å². The van der Waals surface area contributed by atoms with E-state index in [9.17, 15) is 9.18 Å². The molecule has 0 amide bonds. The third-order valence-corrected chi connectivity index (χ3v) is 3.38. The summed E-state index contributed by atoms with van der Waals surface area (Å²) in [7, 11) is 0. The zero-order valence-corrected chi connectivity index (χ0v) is 12.5. The molecule has 0 spiro atoms. The van der Waals surface area contributed by atoms with Crippen molar-refractivity contribution in [1.29, 1.82) is 0 Å². The van der Waals surface area contributed by atoms with E-state index in [1.54, 1.807) is 0 Å². The molecule has 0 saturated carbocycles. The molecule has 0 aliphatic heterocycles. The van der Waals surface area contributed by atoms with Crippen LogP contribution < -0.4 is 5.32 Å². The first-order chi connectivity index (χ1) is 9.97. The molecule has 2 aromatic rings. The van der Waals surface area contributed by atoms with Crippen LogP contribution in [0.15, 0.2) is 48.7 Å². The first kappa shape index (κ1) is 15.3. The minimum Gasteiger partial charge on any atom is -0.360 e. The van der Waals surface area contributed by atoms with Gasteiger partial charge in [0, 0.05) is 17.8 Å². The van der Waals surface area contributed by atoms with Gasteiger partial charge in [0.15, 0.2) is 5.78 Å². The molecule has 2 rings (SSSR count). The van der Waals surface area contributed by atoms with E-state index in [1.807, 2.05) is 32.0 Å². The molecule has 0 aliphatic rings. The summed E-state index contributed by atoms with van der Waals surface area (Å²) in [4.78, 5) is 12.1. The number of ketones is 1. The molecule has 0 saturated heterocycles. The fraction of sp³-hybridized carbons (Fsp3) is 0.118. The van der Waals surface area contributed by atoms with Crippen molar-refractivity contribution in [2.75, 3.05) is 5.32 Å². The van der Waals surface area contributed by atoms with E-state index in [-0.39, 0.29) is 10.8 Å². The molecule has 0 radical (unpaired) electrons. The Morgan fingerprint density at radius 3 is 2.67 bits per heavy atom. The fourth-order valence-corrected chi connectivity index (χ4v) is 2.13. The normalized spacial score (nSPS) is 10.9. The highest BCUT2D eigenvalue weighted by Crippen LogP contribution is 2.22. The summed E-state index contributed by atoms with van der Waals surface area (Å²) in [5.41, 5.74) is 3.17. The van der Waals surface area contributed by atoms with E-state index in [4.69, 9.17) is 11.6 Å². The van der Waals surface area contributed by atoms with Crippen molar-refractivity contribution in [2.45, 2.75) is 13.8 Å². The number of benzene rings is 2. The quantitative estimate of drug-likeness (QED) is 0.642. The Hall–Kier alpha value is -2.13. The van der Waals surface area contributed by atoms with Crippen molar-refractivity contribution >= 4 is 23.1 Å². The lowest BCUT2D eigenvalue weighted by molar-refractivity contribution is 0.104. The lowest BCUT2D eigenvalue weighted by Gasteiger charge is -2.05. The Morgan fingerprint density at radius 2 is 1.95 bits per heavy atom. The lowest BCUT2D eigenvalue weighted by Crippen LogP contribution is -2.00. The zero-order chi connectivity index (χ0) is 15.4. The molecular formula is C17H15ClFNO. The van der Waals surface area contributed by atoms with Gasteiger partial charge in [0.05, 0.1) is 10.7 Å². The van der Waals surface area contributed by atoms with E-state index < -0.39 is 5.82 Å². The van der Waals surface area contributed by atoms with Crippen LogP contribution in [0, 0.1) is 19.7 Å². The first-order valence-corrected chi connectivity index (χ1v) is 6.85. The number of hydrogen-bond acceptors (Lipinski definition) is 2. The van der Waals surface area contributed by atoms with Crippen LogP contribution in [0.4, 0.5) is 10.1 Å². The molecule has 2 aromatic carbocycles. The summed E-state index contributed by atoms with van der Waals surface area (Å²) < 4.78 is 12.9. The maximum absolute atomic E-state index is 12.9. The predicted octanol–water partition coefficient (Wildman–Crippen LogP) is 4.90. The predicted molar refractivity (Wildman–Crippen MR) is 84.4 cm³/mol. The van der Waals surface area contributed by atoms with E-state index in [0.717, 1.165) is 11.1 Å². The van der Waals surface area contributed by atoms with Crippen LogP contribution in [0.25, 0.3) is 0 Å². The largest absolute Gasteiger partial charge is 0.360 e. The van der Waals surface area contributed by atoms with E-state index >= 15 is 0 Å². The van der Waals surface area contributed by atoms with Crippen LogP contribution in [0.2, 0.25) is 5.02 Å². The van der Waals surface area contributed by atoms with Crippen LogP contribution in [0.3, 0.4) is 0 Å². The van der Waals surface area contributed by atoms with Crippen LogP contribution in [-0.4, -0.2) is 5.78 Å². The van der Waals surface area contributed by atoms with Crippen molar-refractivity contribution in [3.8, 4) is 0 Å². The highest BCUT2D eigenvalue weighted by molar-refractivity contribution is 6.33. The molecule has 0 aliphatic carbocycles. The van der Waals surface area contributed by atoms with Crippen LogP contribution >= 0.6 is 11.6 Å². The molecular weight excluding hydrogens is 289 g/mol. The Labute approximate surface area is 128 Å². The SMILES string of the molecule is Cc1ccc(C)c(C(=O)C=CNc2ccc(F)cc2Cl)c1. The average Bonchev–Trinajstić information content (AvgIpc) is 2.43. The summed E-state index contributed by atoms with van der Waals surface area (Å²) in [6.07, 6.45) is 2.94. The van der Waals surface area contributed by atoms with Crippen molar-refractivity contribution in [1.82, 2.24) is 0 Å². The van der Waals surface area contributed by atoms with E-state index in [2.05, 4.69) is 5.32 Å². The third-order valence-electron chi connectivity index (χ3n) is 3.06. The molecule has 4 heteroatoms. The molecule has 108 valence electrons. The van der Waals surface area contributed by atoms with Gasteiger partial charge in [-0.3, -0.25) is 4.79 Å². The minimum absolute atomic E-state index is 0.0954. The minimum atomic E-state index is -0.402. The van der Waals surface area contributed by atoms with Crippen molar-refractivity contribution in [3.63, 3.8) is 0 Å². The molecule has 0 unspecified atom stereocenters. The standard InChI is InChI=1S/C17H15ClFNO/c1-11-3-4-12(2)14(9-11)17(21)7-8-20-16-6-5-13(19)10-15(16)18/h3-10,20H,1-2H3. The monoisotopic (exact) mass is 303 g/mol. The van der Waals surface area contributed by atoms with Gasteiger partial charge in [-0.2, -0.15) is 0 Å². The highest BCUT2D eigenvalue weighted by Gasteiger charge is 2.06. The number of carbonyl (C=O) groups is 1. The first-order valence-electron chi connectivity index (χ1n) is 6.47. The lowest BCUT2D eigenvalue weighted by atomic mass is 10.0.